The number of rotatable bonds is 6. The van der Waals surface area contributed by atoms with Crippen LogP contribution in [0, 0.1) is 6.92 Å². The van der Waals surface area contributed by atoms with Crippen molar-refractivity contribution < 1.29 is 9.15 Å². The van der Waals surface area contributed by atoms with E-state index in [0.29, 0.717) is 0 Å². The lowest BCUT2D eigenvalue weighted by Gasteiger charge is -2.32. The molecule has 2 aromatic heterocycles. The molecule has 0 radical (unpaired) electrons. The van der Waals surface area contributed by atoms with Crippen LogP contribution in [-0.4, -0.2) is 51.2 Å². The number of hydrogen-bond donors (Lipinski definition) is 0. The second kappa shape index (κ2) is 8.69. The van der Waals surface area contributed by atoms with Gasteiger partial charge in [-0.3, -0.25) is 4.90 Å². The molecule has 1 fully saturated rings. The minimum Gasteiger partial charge on any atom is -0.469 e. The predicted octanol–water partition coefficient (Wildman–Crippen LogP) is 4.03. The van der Waals surface area contributed by atoms with Gasteiger partial charge >= 0.3 is 0 Å². The number of benzene rings is 1. The Labute approximate surface area is 173 Å². The standard InChI is InChI=1S/C20H23ClN4O2S/c1-14-17(7-9-26-14)19-22-23-20(24(19)2)28-13-16-12-25(8-10-27-16)11-15-5-3-4-6-18(15)21/h3-7,9,16H,8,10-13H2,1-2H3/t16-/m1/s1. The van der Waals surface area contributed by atoms with Crippen molar-refractivity contribution in [3.63, 3.8) is 0 Å². The summed E-state index contributed by atoms with van der Waals surface area (Å²) in [7, 11) is 1.98. The summed E-state index contributed by atoms with van der Waals surface area (Å²) < 4.78 is 13.4. The van der Waals surface area contributed by atoms with Crippen LogP contribution < -0.4 is 0 Å². The molecule has 1 aliphatic rings. The molecule has 4 rings (SSSR count). The van der Waals surface area contributed by atoms with Crippen LogP contribution in [0.3, 0.4) is 0 Å². The number of ether oxygens (including phenoxy) is 1. The highest BCUT2D eigenvalue weighted by molar-refractivity contribution is 7.99. The van der Waals surface area contributed by atoms with Crippen molar-refractivity contribution in [1.29, 1.82) is 0 Å². The minimum atomic E-state index is 0.150. The Hall–Kier alpha value is -1.80. The molecule has 3 aromatic rings. The first-order chi connectivity index (χ1) is 13.6. The molecule has 6 nitrogen and oxygen atoms in total. The predicted molar refractivity (Wildman–Crippen MR) is 111 cm³/mol. The van der Waals surface area contributed by atoms with Gasteiger partial charge in [0.15, 0.2) is 11.0 Å². The lowest BCUT2D eigenvalue weighted by Crippen LogP contribution is -2.43. The number of furan rings is 1. The Morgan fingerprint density at radius 1 is 1.25 bits per heavy atom. The third kappa shape index (κ3) is 4.27. The van der Waals surface area contributed by atoms with Gasteiger partial charge in [0.05, 0.1) is 24.5 Å². The van der Waals surface area contributed by atoms with E-state index in [0.717, 1.165) is 64.9 Å². The maximum Gasteiger partial charge on any atom is 0.191 e. The van der Waals surface area contributed by atoms with Gasteiger partial charge in [-0.05, 0) is 24.6 Å². The monoisotopic (exact) mass is 418 g/mol. The first kappa shape index (κ1) is 19.5. The van der Waals surface area contributed by atoms with Gasteiger partial charge in [0, 0.05) is 37.5 Å². The summed E-state index contributed by atoms with van der Waals surface area (Å²) in [6, 6.07) is 9.94. The van der Waals surface area contributed by atoms with E-state index in [1.54, 1.807) is 18.0 Å². The molecule has 28 heavy (non-hydrogen) atoms. The molecule has 1 aliphatic heterocycles. The fraction of sp³-hybridized carbons (Fsp3) is 0.400. The average Bonchev–Trinajstić information content (AvgIpc) is 3.27. The summed E-state index contributed by atoms with van der Waals surface area (Å²) >= 11 is 7.98. The van der Waals surface area contributed by atoms with E-state index in [-0.39, 0.29) is 6.10 Å². The fourth-order valence-electron chi connectivity index (χ4n) is 3.35. The summed E-state index contributed by atoms with van der Waals surface area (Å²) in [5, 5.41) is 10.4. The van der Waals surface area contributed by atoms with Crippen molar-refractivity contribution in [3.8, 4) is 11.4 Å². The lowest BCUT2D eigenvalue weighted by atomic mass is 10.2. The topological polar surface area (TPSA) is 56.3 Å². The summed E-state index contributed by atoms with van der Waals surface area (Å²) in [6.45, 7) is 5.30. The van der Waals surface area contributed by atoms with E-state index >= 15 is 0 Å². The van der Waals surface area contributed by atoms with Crippen LogP contribution in [0.1, 0.15) is 11.3 Å². The second-order valence-electron chi connectivity index (χ2n) is 6.89. The van der Waals surface area contributed by atoms with Gasteiger partial charge in [0.25, 0.3) is 0 Å². The quantitative estimate of drug-likeness (QED) is 0.563. The van der Waals surface area contributed by atoms with Crippen LogP contribution >= 0.6 is 23.4 Å². The SMILES string of the molecule is Cc1occc1-c1nnc(SC[C@H]2CN(Cc3ccccc3Cl)CCO2)n1C. The molecule has 0 amide bonds. The van der Waals surface area contributed by atoms with E-state index in [9.17, 15) is 0 Å². The number of thioether (sulfide) groups is 1. The van der Waals surface area contributed by atoms with E-state index in [4.69, 9.17) is 20.8 Å². The average molecular weight is 419 g/mol. The first-order valence-corrected chi connectivity index (χ1v) is 10.6. The molecule has 3 heterocycles. The largest absolute Gasteiger partial charge is 0.469 e. The third-order valence-corrected chi connectivity index (χ3v) is 6.43. The van der Waals surface area contributed by atoms with Crippen LogP contribution in [0.2, 0.25) is 5.02 Å². The van der Waals surface area contributed by atoms with E-state index < -0.39 is 0 Å². The van der Waals surface area contributed by atoms with Gasteiger partial charge in [-0.1, -0.05) is 41.6 Å². The summed E-state index contributed by atoms with van der Waals surface area (Å²) in [5.74, 6) is 2.49. The molecular formula is C20H23ClN4O2S. The molecule has 0 N–H and O–H groups in total. The van der Waals surface area contributed by atoms with Crippen LogP contribution in [0.4, 0.5) is 0 Å². The molecule has 1 atom stereocenters. The normalized spacial score (nSPS) is 17.9. The zero-order valence-electron chi connectivity index (χ0n) is 16.0. The molecule has 0 unspecified atom stereocenters. The Balaban J connectivity index is 1.36. The van der Waals surface area contributed by atoms with Gasteiger partial charge in [-0.15, -0.1) is 10.2 Å². The Kier molecular flexibility index (Phi) is 6.06. The van der Waals surface area contributed by atoms with Crippen LogP contribution in [0.25, 0.3) is 11.4 Å². The summed E-state index contributed by atoms with van der Waals surface area (Å²) in [5.41, 5.74) is 2.13. The molecule has 1 aromatic carbocycles. The minimum absolute atomic E-state index is 0.150. The second-order valence-corrected chi connectivity index (χ2v) is 8.28. The van der Waals surface area contributed by atoms with Gasteiger partial charge < -0.3 is 13.7 Å². The van der Waals surface area contributed by atoms with Crippen molar-refractivity contribution in [2.24, 2.45) is 7.05 Å². The fourth-order valence-corrected chi connectivity index (χ4v) is 4.46. The van der Waals surface area contributed by atoms with Crippen LogP contribution in [-0.2, 0) is 18.3 Å². The Bertz CT molecular complexity index is 942. The number of hydrogen-bond acceptors (Lipinski definition) is 6. The molecule has 0 saturated carbocycles. The van der Waals surface area contributed by atoms with Crippen molar-refractivity contribution in [1.82, 2.24) is 19.7 Å². The molecule has 1 saturated heterocycles. The molecule has 148 valence electrons. The van der Waals surface area contributed by atoms with Crippen molar-refractivity contribution in [3.05, 3.63) is 52.9 Å². The van der Waals surface area contributed by atoms with E-state index in [1.165, 1.54) is 0 Å². The van der Waals surface area contributed by atoms with Gasteiger partial charge in [-0.2, -0.15) is 0 Å². The van der Waals surface area contributed by atoms with E-state index in [1.807, 2.05) is 42.8 Å². The molecule has 0 bridgehead atoms. The van der Waals surface area contributed by atoms with E-state index in [2.05, 4.69) is 21.2 Å². The Morgan fingerprint density at radius 2 is 2.11 bits per heavy atom. The van der Waals surface area contributed by atoms with Gasteiger partial charge in [-0.25, -0.2) is 0 Å². The van der Waals surface area contributed by atoms with Crippen molar-refractivity contribution in [2.45, 2.75) is 24.7 Å². The van der Waals surface area contributed by atoms with Crippen molar-refractivity contribution >= 4 is 23.4 Å². The number of aromatic nitrogens is 3. The van der Waals surface area contributed by atoms with Gasteiger partial charge in [0.2, 0.25) is 0 Å². The zero-order valence-corrected chi connectivity index (χ0v) is 17.5. The molecule has 8 heteroatoms. The first-order valence-electron chi connectivity index (χ1n) is 9.26. The highest BCUT2D eigenvalue weighted by atomic mass is 35.5. The maximum absolute atomic E-state index is 6.31. The number of nitrogens with zero attached hydrogens (tertiary/aromatic N) is 4. The smallest absolute Gasteiger partial charge is 0.191 e. The van der Waals surface area contributed by atoms with Crippen LogP contribution in [0.15, 0.2) is 46.2 Å². The zero-order chi connectivity index (χ0) is 19.5. The van der Waals surface area contributed by atoms with Gasteiger partial charge in [0.1, 0.15) is 5.76 Å². The summed E-state index contributed by atoms with van der Waals surface area (Å²) in [6.07, 6.45) is 1.83. The summed E-state index contributed by atoms with van der Waals surface area (Å²) in [4.78, 5) is 2.40. The third-order valence-electron chi connectivity index (χ3n) is 4.91. The highest BCUT2D eigenvalue weighted by Gasteiger charge is 2.23. The molecular weight excluding hydrogens is 396 g/mol. The number of morpholine rings is 1. The molecule has 0 spiro atoms. The molecule has 0 aliphatic carbocycles. The van der Waals surface area contributed by atoms with Crippen LogP contribution in [0.5, 0.6) is 0 Å². The Morgan fingerprint density at radius 3 is 2.89 bits per heavy atom. The number of aryl methyl sites for hydroxylation is 1. The lowest BCUT2D eigenvalue weighted by molar-refractivity contribution is -0.0187. The number of halogens is 1. The van der Waals surface area contributed by atoms with Crippen molar-refractivity contribution in [2.75, 3.05) is 25.4 Å². The highest BCUT2D eigenvalue weighted by Crippen LogP contribution is 2.27. The maximum atomic E-state index is 6.31.